The molecule has 0 aliphatic heterocycles. The van der Waals surface area contributed by atoms with Gasteiger partial charge in [-0.15, -0.1) is 0 Å². The molecule has 0 amide bonds. The van der Waals surface area contributed by atoms with Crippen LogP contribution in [-0.4, -0.2) is 14.9 Å². The van der Waals surface area contributed by atoms with Gasteiger partial charge in [0, 0.05) is 6.61 Å². The van der Waals surface area contributed by atoms with E-state index >= 15 is 0 Å². The molecule has 2 heteroatoms. The lowest BCUT2D eigenvalue weighted by molar-refractivity contribution is 0.244. The fraction of sp³-hybridized carbons (Fsp3) is 1.00. The number of rotatable bonds is 9. The summed E-state index contributed by atoms with van der Waals surface area (Å²) in [6, 6.07) is 3.99. The van der Waals surface area contributed by atoms with Crippen molar-refractivity contribution in [1.82, 2.24) is 0 Å². The van der Waals surface area contributed by atoms with Gasteiger partial charge in [0.25, 0.3) is 0 Å². The normalized spacial score (nSPS) is 13.3. The largest absolute Gasteiger partial charge is 0.417 e. The second-order valence-corrected chi connectivity index (χ2v) is 11.6. The van der Waals surface area contributed by atoms with Gasteiger partial charge in [0.1, 0.15) is 0 Å². The van der Waals surface area contributed by atoms with E-state index in [1.165, 1.54) is 18.1 Å². The van der Waals surface area contributed by atoms with Crippen LogP contribution < -0.4 is 0 Å². The maximum absolute atomic E-state index is 6.56. The second kappa shape index (κ2) is 8.37. The Morgan fingerprint density at radius 1 is 0.611 bits per heavy atom. The van der Waals surface area contributed by atoms with E-state index in [4.69, 9.17) is 4.43 Å². The summed E-state index contributed by atoms with van der Waals surface area (Å²) in [5.41, 5.74) is 0. The highest BCUT2D eigenvalue weighted by Gasteiger charge is 2.37. The standard InChI is InChI=1S/C16H36OSi/c1-13(2)9-17-18(10-14(3)4,11-15(5)6)12-16(7)8/h13-16H,9-12H2,1-8H3. The molecule has 0 aromatic rings. The molecule has 0 saturated carbocycles. The fourth-order valence-corrected chi connectivity index (χ4v) is 9.01. The zero-order chi connectivity index (χ0) is 14.3. The van der Waals surface area contributed by atoms with Gasteiger partial charge in [-0.2, -0.15) is 0 Å². The third kappa shape index (κ3) is 8.31. The molecule has 0 radical (unpaired) electrons. The van der Waals surface area contributed by atoms with E-state index in [1.807, 2.05) is 0 Å². The first-order valence-electron chi connectivity index (χ1n) is 7.81. The van der Waals surface area contributed by atoms with Gasteiger partial charge in [-0.3, -0.25) is 0 Å². The Balaban J connectivity index is 4.85. The first-order chi connectivity index (χ1) is 8.17. The van der Waals surface area contributed by atoms with Crippen molar-refractivity contribution in [3.05, 3.63) is 0 Å². The minimum Gasteiger partial charge on any atom is -0.417 e. The van der Waals surface area contributed by atoms with Crippen LogP contribution in [0.3, 0.4) is 0 Å². The van der Waals surface area contributed by atoms with Crippen LogP contribution in [0.1, 0.15) is 55.4 Å². The summed E-state index contributed by atoms with van der Waals surface area (Å²) in [4.78, 5) is 0. The van der Waals surface area contributed by atoms with Crippen molar-refractivity contribution in [3.8, 4) is 0 Å². The van der Waals surface area contributed by atoms with Crippen molar-refractivity contribution >= 4 is 8.32 Å². The third-order valence-corrected chi connectivity index (χ3v) is 8.52. The lowest BCUT2D eigenvalue weighted by atomic mass is 10.2. The third-order valence-electron chi connectivity index (χ3n) is 3.06. The molecule has 0 aliphatic carbocycles. The minimum atomic E-state index is -1.55. The summed E-state index contributed by atoms with van der Waals surface area (Å²) < 4.78 is 6.56. The van der Waals surface area contributed by atoms with Crippen molar-refractivity contribution in [2.45, 2.75) is 73.5 Å². The van der Waals surface area contributed by atoms with Crippen molar-refractivity contribution in [1.29, 1.82) is 0 Å². The Hall–Kier alpha value is 0.177. The topological polar surface area (TPSA) is 9.23 Å². The van der Waals surface area contributed by atoms with E-state index < -0.39 is 8.32 Å². The monoisotopic (exact) mass is 272 g/mol. The van der Waals surface area contributed by atoms with Crippen molar-refractivity contribution in [2.24, 2.45) is 23.7 Å². The van der Waals surface area contributed by atoms with Crippen LogP contribution in [0.25, 0.3) is 0 Å². The molecule has 0 rings (SSSR count). The van der Waals surface area contributed by atoms with Crippen LogP contribution in [0, 0.1) is 23.7 Å². The van der Waals surface area contributed by atoms with Crippen molar-refractivity contribution < 1.29 is 4.43 Å². The molecule has 110 valence electrons. The van der Waals surface area contributed by atoms with Crippen LogP contribution in [0.5, 0.6) is 0 Å². The molecule has 0 fully saturated rings. The van der Waals surface area contributed by atoms with Crippen LogP contribution in [0.4, 0.5) is 0 Å². The molecular formula is C16H36OSi. The molecule has 0 N–H and O–H groups in total. The zero-order valence-corrected chi connectivity index (χ0v) is 15.0. The molecule has 0 heterocycles. The Labute approximate surface area is 117 Å². The van der Waals surface area contributed by atoms with E-state index in [2.05, 4.69) is 55.4 Å². The molecule has 0 bridgehead atoms. The van der Waals surface area contributed by atoms with E-state index in [9.17, 15) is 0 Å². The average Bonchev–Trinajstić information content (AvgIpc) is 2.11. The van der Waals surface area contributed by atoms with Gasteiger partial charge in [0.15, 0.2) is 8.32 Å². The first kappa shape index (κ1) is 18.2. The SMILES string of the molecule is CC(C)CO[Si](CC(C)C)(CC(C)C)CC(C)C. The van der Waals surface area contributed by atoms with Crippen LogP contribution in [-0.2, 0) is 4.43 Å². The maximum Gasteiger partial charge on any atom is 0.193 e. The molecule has 18 heavy (non-hydrogen) atoms. The summed E-state index contributed by atoms with van der Waals surface area (Å²) in [6.07, 6.45) is 0. The molecule has 0 spiro atoms. The Morgan fingerprint density at radius 3 is 1.17 bits per heavy atom. The van der Waals surface area contributed by atoms with Crippen LogP contribution >= 0.6 is 0 Å². The van der Waals surface area contributed by atoms with Gasteiger partial charge in [-0.25, -0.2) is 0 Å². The molecule has 0 saturated heterocycles. The van der Waals surface area contributed by atoms with E-state index in [-0.39, 0.29) is 0 Å². The lowest BCUT2D eigenvalue weighted by Crippen LogP contribution is -2.43. The van der Waals surface area contributed by atoms with Gasteiger partial charge in [-0.05, 0) is 41.8 Å². The van der Waals surface area contributed by atoms with Crippen LogP contribution in [0.15, 0.2) is 0 Å². The molecule has 0 aromatic heterocycles. The maximum atomic E-state index is 6.56. The predicted molar refractivity (Wildman–Crippen MR) is 85.5 cm³/mol. The first-order valence-corrected chi connectivity index (χ1v) is 10.3. The highest BCUT2D eigenvalue weighted by molar-refractivity contribution is 6.74. The Bertz CT molecular complexity index is 183. The lowest BCUT2D eigenvalue weighted by Gasteiger charge is -2.36. The molecule has 0 aromatic carbocycles. The summed E-state index contributed by atoms with van der Waals surface area (Å²) in [5.74, 6) is 2.95. The van der Waals surface area contributed by atoms with Gasteiger partial charge in [-0.1, -0.05) is 55.4 Å². The quantitative estimate of drug-likeness (QED) is 0.498. The van der Waals surface area contributed by atoms with E-state index in [0.717, 1.165) is 24.4 Å². The summed E-state index contributed by atoms with van der Waals surface area (Å²) in [7, 11) is -1.55. The van der Waals surface area contributed by atoms with E-state index in [1.54, 1.807) is 0 Å². The number of hydrogen-bond donors (Lipinski definition) is 0. The summed E-state index contributed by atoms with van der Waals surface area (Å²) in [6.45, 7) is 19.6. The van der Waals surface area contributed by atoms with Gasteiger partial charge in [0.05, 0.1) is 0 Å². The van der Waals surface area contributed by atoms with Crippen molar-refractivity contribution in [2.75, 3.05) is 6.61 Å². The average molecular weight is 273 g/mol. The molecule has 0 atom stereocenters. The van der Waals surface area contributed by atoms with Gasteiger partial charge < -0.3 is 4.43 Å². The Kier molecular flexibility index (Phi) is 8.45. The highest BCUT2D eigenvalue weighted by atomic mass is 28.4. The number of hydrogen-bond acceptors (Lipinski definition) is 1. The smallest absolute Gasteiger partial charge is 0.193 e. The fourth-order valence-electron chi connectivity index (χ4n) is 3.00. The summed E-state index contributed by atoms with van der Waals surface area (Å²) >= 11 is 0. The Morgan fingerprint density at radius 2 is 0.944 bits per heavy atom. The second-order valence-electron chi connectivity index (χ2n) is 7.68. The van der Waals surface area contributed by atoms with Crippen LogP contribution in [0.2, 0.25) is 18.1 Å². The summed E-state index contributed by atoms with van der Waals surface area (Å²) in [5, 5.41) is 0. The molecule has 1 nitrogen and oxygen atoms in total. The van der Waals surface area contributed by atoms with E-state index in [0.29, 0.717) is 5.92 Å². The molecular weight excluding hydrogens is 236 g/mol. The minimum absolute atomic E-state index is 0.656. The molecule has 0 unspecified atom stereocenters. The molecule has 0 aliphatic rings. The zero-order valence-electron chi connectivity index (χ0n) is 14.0. The van der Waals surface area contributed by atoms with Crippen molar-refractivity contribution in [3.63, 3.8) is 0 Å². The predicted octanol–water partition coefficient (Wildman–Crippen LogP) is 5.57. The highest BCUT2D eigenvalue weighted by Crippen LogP contribution is 2.33. The van der Waals surface area contributed by atoms with Gasteiger partial charge in [0.2, 0.25) is 0 Å². The van der Waals surface area contributed by atoms with Gasteiger partial charge >= 0.3 is 0 Å².